The van der Waals surface area contributed by atoms with Crippen LogP contribution in [0.5, 0.6) is 0 Å². The molecule has 1 fully saturated rings. The molecule has 0 spiro atoms. The van der Waals surface area contributed by atoms with Crippen molar-refractivity contribution in [2.24, 2.45) is 5.73 Å². The van der Waals surface area contributed by atoms with Crippen LogP contribution in [0.1, 0.15) is 30.9 Å². The first-order chi connectivity index (χ1) is 8.66. The Kier molecular flexibility index (Phi) is 4.28. The maximum absolute atomic E-state index is 10.7. The zero-order chi connectivity index (χ0) is 13.0. The van der Waals surface area contributed by atoms with E-state index in [0.717, 1.165) is 31.6 Å². The van der Waals surface area contributed by atoms with E-state index in [1.54, 1.807) is 12.1 Å². The molecule has 5 heteroatoms. The third kappa shape index (κ3) is 3.27. The van der Waals surface area contributed by atoms with Crippen LogP contribution in [-0.2, 0) is 0 Å². The third-order valence-corrected chi connectivity index (χ3v) is 3.46. The predicted octanol–water partition coefficient (Wildman–Crippen LogP) is 2.08. The van der Waals surface area contributed by atoms with Crippen LogP contribution in [0.15, 0.2) is 24.3 Å². The molecule has 0 aromatic heterocycles. The first-order valence-electron chi connectivity index (χ1n) is 6.39. The van der Waals surface area contributed by atoms with E-state index in [0.29, 0.717) is 0 Å². The molecule has 5 nitrogen and oxygen atoms in total. The van der Waals surface area contributed by atoms with Crippen LogP contribution >= 0.6 is 0 Å². The Labute approximate surface area is 107 Å². The van der Waals surface area contributed by atoms with Gasteiger partial charge in [-0.2, -0.15) is 0 Å². The van der Waals surface area contributed by atoms with Crippen molar-refractivity contribution < 1.29 is 4.92 Å². The van der Waals surface area contributed by atoms with Crippen LogP contribution in [0.25, 0.3) is 0 Å². The highest BCUT2D eigenvalue weighted by molar-refractivity contribution is 5.35. The van der Waals surface area contributed by atoms with Crippen LogP contribution in [0.2, 0.25) is 0 Å². The van der Waals surface area contributed by atoms with Gasteiger partial charge in [-0.1, -0.05) is 12.1 Å². The lowest BCUT2D eigenvalue weighted by atomic mass is 10.0. The first-order valence-corrected chi connectivity index (χ1v) is 6.39. The van der Waals surface area contributed by atoms with E-state index in [-0.39, 0.29) is 16.7 Å². The zero-order valence-corrected chi connectivity index (χ0v) is 10.4. The highest BCUT2D eigenvalue weighted by Gasteiger charge is 2.15. The van der Waals surface area contributed by atoms with Gasteiger partial charge in [-0.05, 0) is 44.5 Å². The van der Waals surface area contributed by atoms with Crippen molar-refractivity contribution in [3.63, 3.8) is 0 Å². The van der Waals surface area contributed by atoms with Crippen LogP contribution in [0, 0.1) is 10.1 Å². The number of likely N-dealkylation sites (tertiary alicyclic amines) is 1. The van der Waals surface area contributed by atoms with Gasteiger partial charge >= 0.3 is 0 Å². The lowest BCUT2D eigenvalue weighted by Crippen LogP contribution is -2.24. The van der Waals surface area contributed by atoms with Crippen molar-refractivity contribution in [3.05, 3.63) is 39.9 Å². The van der Waals surface area contributed by atoms with Crippen molar-refractivity contribution in [2.45, 2.75) is 25.3 Å². The molecule has 1 atom stereocenters. The molecular formula is C13H19N3O2. The minimum atomic E-state index is -0.378. The lowest BCUT2D eigenvalue weighted by molar-refractivity contribution is -0.384. The topological polar surface area (TPSA) is 72.4 Å². The molecule has 18 heavy (non-hydrogen) atoms. The van der Waals surface area contributed by atoms with Crippen LogP contribution in [0.4, 0.5) is 5.69 Å². The Balaban J connectivity index is 1.93. The molecule has 1 aromatic carbocycles. The molecular weight excluding hydrogens is 230 g/mol. The predicted molar refractivity (Wildman–Crippen MR) is 70.3 cm³/mol. The van der Waals surface area contributed by atoms with Gasteiger partial charge in [0.05, 0.1) is 4.92 Å². The Morgan fingerprint density at radius 3 is 2.78 bits per heavy atom. The van der Waals surface area contributed by atoms with Crippen molar-refractivity contribution in [3.8, 4) is 0 Å². The highest BCUT2D eigenvalue weighted by atomic mass is 16.6. The lowest BCUT2D eigenvalue weighted by Gasteiger charge is -2.18. The monoisotopic (exact) mass is 249 g/mol. The van der Waals surface area contributed by atoms with E-state index in [9.17, 15) is 10.1 Å². The normalized spacial score (nSPS) is 17.8. The van der Waals surface area contributed by atoms with Gasteiger partial charge in [0.1, 0.15) is 0 Å². The van der Waals surface area contributed by atoms with Crippen molar-refractivity contribution in [2.75, 3.05) is 19.6 Å². The largest absolute Gasteiger partial charge is 0.324 e. The van der Waals surface area contributed by atoms with Gasteiger partial charge in [-0.15, -0.1) is 0 Å². The second-order valence-corrected chi connectivity index (χ2v) is 4.80. The molecule has 0 saturated carbocycles. The molecule has 1 aliphatic heterocycles. The van der Waals surface area contributed by atoms with Gasteiger partial charge in [0, 0.05) is 18.2 Å². The van der Waals surface area contributed by atoms with Gasteiger partial charge in [-0.3, -0.25) is 10.1 Å². The number of rotatable bonds is 5. The second kappa shape index (κ2) is 5.93. The maximum atomic E-state index is 10.7. The zero-order valence-electron chi connectivity index (χ0n) is 10.4. The van der Waals surface area contributed by atoms with Gasteiger partial charge in [0.15, 0.2) is 0 Å². The Morgan fingerprint density at radius 1 is 1.39 bits per heavy atom. The molecule has 1 aliphatic rings. The van der Waals surface area contributed by atoms with E-state index >= 15 is 0 Å². The molecule has 98 valence electrons. The van der Waals surface area contributed by atoms with E-state index in [1.807, 2.05) is 6.07 Å². The smallest absolute Gasteiger partial charge is 0.269 e. The number of non-ortho nitro benzene ring substituents is 1. The highest BCUT2D eigenvalue weighted by Crippen LogP contribution is 2.20. The van der Waals surface area contributed by atoms with Gasteiger partial charge in [0.2, 0.25) is 0 Å². The molecule has 0 aliphatic carbocycles. The van der Waals surface area contributed by atoms with Gasteiger partial charge < -0.3 is 10.6 Å². The van der Waals surface area contributed by atoms with E-state index in [4.69, 9.17) is 5.73 Å². The standard InChI is InChI=1S/C13H19N3O2/c14-13(6-9-15-7-1-2-8-15)11-4-3-5-12(10-11)16(17)18/h3-5,10,13H,1-2,6-9,14H2/t13-/m1/s1. The molecule has 0 radical (unpaired) electrons. The molecule has 1 heterocycles. The number of hydrogen-bond donors (Lipinski definition) is 1. The number of nitrogens with two attached hydrogens (primary N) is 1. The Morgan fingerprint density at radius 2 is 2.11 bits per heavy atom. The summed E-state index contributed by atoms with van der Waals surface area (Å²) in [6, 6.07) is 6.52. The van der Waals surface area contributed by atoms with Crippen molar-refractivity contribution in [1.82, 2.24) is 4.90 Å². The summed E-state index contributed by atoms with van der Waals surface area (Å²) in [6.45, 7) is 3.28. The van der Waals surface area contributed by atoms with Crippen molar-refractivity contribution >= 4 is 5.69 Å². The number of nitro benzene ring substituents is 1. The summed E-state index contributed by atoms with van der Waals surface area (Å²) in [5.41, 5.74) is 7.06. The summed E-state index contributed by atoms with van der Waals surface area (Å²) in [7, 11) is 0. The molecule has 0 bridgehead atoms. The second-order valence-electron chi connectivity index (χ2n) is 4.80. The number of nitro groups is 1. The Bertz CT molecular complexity index is 416. The Hall–Kier alpha value is -1.46. The van der Waals surface area contributed by atoms with Gasteiger partial charge in [0.25, 0.3) is 5.69 Å². The summed E-state index contributed by atoms with van der Waals surface area (Å²) in [4.78, 5) is 12.7. The van der Waals surface area contributed by atoms with Gasteiger partial charge in [-0.25, -0.2) is 0 Å². The minimum absolute atomic E-state index is 0.115. The fourth-order valence-electron chi connectivity index (χ4n) is 2.36. The molecule has 1 aromatic rings. The van der Waals surface area contributed by atoms with Crippen LogP contribution in [-0.4, -0.2) is 29.5 Å². The van der Waals surface area contributed by atoms with E-state index < -0.39 is 0 Å². The summed E-state index contributed by atoms with van der Waals surface area (Å²) in [5, 5.41) is 10.7. The summed E-state index contributed by atoms with van der Waals surface area (Å²) >= 11 is 0. The quantitative estimate of drug-likeness (QED) is 0.640. The van der Waals surface area contributed by atoms with Crippen LogP contribution in [0.3, 0.4) is 0 Å². The third-order valence-electron chi connectivity index (χ3n) is 3.46. The number of benzene rings is 1. The maximum Gasteiger partial charge on any atom is 0.269 e. The first kappa shape index (κ1) is 13.0. The SMILES string of the molecule is N[C@H](CCN1CCCC1)c1cccc([N+](=O)[O-])c1. The van der Waals surface area contributed by atoms with E-state index in [2.05, 4.69) is 4.90 Å². The summed E-state index contributed by atoms with van der Waals surface area (Å²) < 4.78 is 0. The fraction of sp³-hybridized carbons (Fsp3) is 0.538. The number of hydrogen-bond acceptors (Lipinski definition) is 4. The molecule has 0 unspecified atom stereocenters. The summed E-state index contributed by atoms with van der Waals surface area (Å²) in [5.74, 6) is 0. The number of nitrogens with zero attached hydrogens (tertiary/aromatic N) is 2. The molecule has 2 rings (SSSR count). The molecule has 0 amide bonds. The fourth-order valence-corrected chi connectivity index (χ4v) is 2.36. The van der Waals surface area contributed by atoms with Crippen LogP contribution < -0.4 is 5.73 Å². The minimum Gasteiger partial charge on any atom is -0.324 e. The van der Waals surface area contributed by atoms with E-state index in [1.165, 1.54) is 18.9 Å². The average molecular weight is 249 g/mol. The molecule has 2 N–H and O–H groups in total. The average Bonchev–Trinajstić information content (AvgIpc) is 2.89. The van der Waals surface area contributed by atoms with Crippen molar-refractivity contribution in [1.29, 1.82) is 0 Å². The summed E-state index contributed by atoms with van der Waals surface area (Å²) in [6.07, 6.45) is 3.39. The molecule has 1 saturated heterocycles.